The van der Waals surface area contributed by atoms with Crippen molar-refractivity contribution in [2.24, 2.45) is 5.41 Å². The van der Waals surface area contributed by atoms with Gasteiger partial charge in [0.2, 0.25) is 0 Å². The molecule has 2 aliphatic rings. The predicted molar refractivity (Wildman–Crippen MR) is 102 cm³/mol. The van der Waals surface area contributed by atoms with Gasteiger partial charge in [0.15, 0.2) is 0 Å². The summed E-state index contributed by atoms with van der Waals surface area (Å²) in [6.45, 7) is 5.27. The zero-order valence-electron chi connectivity index (χ0n) is 16.2. The Labute approximate surface area is 161 Å². The minimum absolute atomic E-state index is 0.215. The average Bonchev–Trinajstić information content (AvgIpc) is 2.71. The molecule has 2 aliphatic heterocycles. The molecular formula is C21H29N3O3. The lowest BCUT2D eigenvalue weighted by Crippen LogP contribution is -2.48. The van der Waals surface area contributed by atoms with Crippen molar-refractivity contribution in [2.75, 3.05) is 46.5 Å². The number of carbonyl (C=O) groups is 1. The van der Waals surface area contributed by atoms with Crippen molar-refractivity contribution in [3.8, 4) is 6.07 Å². The largest absolute Gasteiger partial charge is 0.447 e. The second-order valence-corrected chi connectivity index (χ2v) is 7.64. The van der Waals surface area contributed by atoms with E-state index in [0.29, 0.717) is 18.6 Å². The number of nitrogens with zero attached hydrogens (tertiary/aromatic N) is 3. The molecule has 3 rings (SSSR count). The fourth-order valence-electron chi connectivity index (χ4n) is 4.16. The van der Waals surface area contributed by atoms with Gasteiger partial charge in [0, 0.05) is 26.7 Å². The van der Waals surface area contributed by atoms with Gasteiger partial charge in [0.1, 0.15) is 6.61 Å². The Morgan fingerprint density at radius 2 is 1.78 bits per heavy atom. The van der Waals surface area contributed by atoms with E-state index in [1.54, 1.807) is 7.11 Å². The third kappa shape index (κ3) is 5.00. The summed E-state index contributed by atoms with van der Waals surface area (Å²) in [4.78, 5) is 16.4. The lowest BCUT2D eigenvalue weighted by Gasteiger charge is -2.46. The van der Waals surface area contributed by atoms with E-state index >= 15 is 0 Å². The van der Waals surface area contributed by atoms with Crippen LogP contribution in [-0.4, -0.2) is 62.4 Å². The van der Waals surface area contributed by atoms with E-state index in [2.05, 4.69) is 17.0 Å². The first kappa shape index (κ1) is 19.7. The number of ether oxygens (including phenoxy) is 2. The van der Waals surface area contributed by atoms with Crippen molar-refractivity contribution < 1.29 is 14.3 Å². The van der Waals surface area contributed by atoms with Crippen LogP contribution >= 0.6 is 0 Å². The monoisotopic (exact) mass is 371 g/mol. The van der Waals surface area contributed by atoms with Gasteiger partial charge < -0.3 is 14.4 Å². The van der Waals surface area contributed by atoms with Crippen molar-refractivity contribution in [1.29, 1.82) is 5.26 Å². The smallest absolute Gasteiger partial charge is 0.409 e. The second-order valence-electron chi connectivity index (χ2n) is 7.64. The van der Waals surface area contributed by atoms with Gasteiger partial charge in [0.05, 0.1) is 18.2 Å². The van der Waals surface area contributed by atoms with Crippen LogP contribution in [0.3, 0.4) is 0 Å². The van der Waals surface area contributed by atoms with Crippen LogP contribution in [-0.2, 0) is 16.0 Å². The summed E-state index contributed by atoms with van der Waals surface area (Å²) >= 11 is 0. The second kappa shape index (κ2) is 9.20. The molecule has 1 aromatic rings. The minimum Gasteiger partial charge on any atom is -0.447 e. The molecule has 1 amide bonds. The Hall–Kier alpha value is -2.10. The highest BCUT2D eigenvalue weighted by Crippen LogP contribution is 2.41. The minimum atomic E-state index is -0.215. The molecule has 1 aromatic carbocycles. The standard InChI is InChI=1S/C21H29N3O3/c1-26-14-15-27-20(25)24-12-8-21(9-13-24)6-10-23(11-7-21)17-19-5-3-2-4-18(19)16-22/h2-5H,6-15,17H2,1H3. The van der Waals surface area contributed by atoms with E-state index in [1.165, 1.54) is 0 Å². The fourth-order valence-corrected chi connectivity index (χ4v) is 4.16. The molecule has 0 bridgehead atoms. The molecule has 2 fully saturated rings. The Bertz CT molecular complexity index is 667. The predicted octanol–water partition coefficient (Wildman–Crippen LogP) is 3.02. The molecule has 27 heavy (non-hydrogen) atoms. The van der Waals surface area contributed by atoms with Crippen molar-refractivity contribution in [3.63, 3.8) is 0 Å². The SMILES string of the molecule is COCCOC(=O)N1CCC2(CCN(Cc3ccccc3C#N)CC2)CC1. The van der Waals surface area contributed by atoms with Gasteiger partial charge in [-0.1, -0.05) is 18.2 Å². The maximum absolute atomic E-state index is 12.1. The van der Waals surface area contributed by atoms with Crippen LogP contribution in [0.1, 0.15) is 36.8 Å². The number of benzene rings is 1. The first-order chi connectivity index (χ1) is 13.2. The molecule has 1 spiro atoms. The number of rotatable bonds is 5. The molecule has 0 radical (unpaired) electrons. The van der Waals surface area contributed by atoms with E-state index in [-0.39, 0.29) is 6.09 Å². The number of piperidine rings is 2. The van der Waals surface area contributed by atoms with Crippen molar-refractivity contribution in [1.82, 2.24) is 9.80 Å². The maximum atomic E-state index is 12.1. The number of amides is 1. The van der Waals surface area contributed by atoms with Crippen LogP contribution in [0.25, 0.3) is 0 Å². The summed E-state index contributed by atoms with van der Waals surface area (Å²) in [6.07, 6.45) is 4.21. The van der Waals surface area contributed by atoms with Crippen molar-refractivity contribution >= 4 is 6.09 Å². The van der Waals surface area contributed by atoms with Crippen LogP contribution in [0, 0.1) is 16.7 Å². The highest BCUT2D eigenvalue weighted by molar-refractivity contribution is 5.67. The third-order valence-corrected chi connectivity index (χ3v) is 6.04. The zero-order valence-corrected chi connectivity index (χ0v) is 16.2. The molecule has 2 heterocycles. The van der Waals surface area contributed by atoms with Crippen LogP contribution in [0.2, 0.25) is 0 Å². The number of likely N-dealkylation sites (tertiary alicyclic amines) is 2. The van der Waals surface area contributed by atoms with Crippen molar-refractivity contribution in [2.45, 2.75) is 32.2 Å². The van der Waals surface area contributed by atoms with E-state index in [1.807, 2.05) is 23.1 Å². The summed E-state index contributed by atoms with van der Waals surface area (Å²) < 4.78 is 10.1. The molecule has 2 saturated heterocycles. The van der Waals surface area contributed by atoms with Gasteiger partial charge in [-0.2, -0.15) is 5.26 Å². The van der Waals surface area contributed by atoms with Crippen LogP contribution < -0.4 is 0 Å². The quantitative estimate of drug-likeness (QED) is 0.745. The Morgan fingerprint density at radius 3 is 2.44 bits per heavy atom. The van der Waals surface area contributed by atoms with Crippen LogP contribution in [0.4, 0.5) is 4.79 Å². The molecule has 0 unspecified atom stereocenters. The van der Waals surface area contributed by atoms with E-state index in [4.69, 9.17) is 9.47 Å². The summed E-state index contributed by atoms with van der Waals surface area (Å²) in [5.41, 5.74) is 2.25. The van der Waals surface area contributed by atoms with E-state index in [0.717, 1.165) is 69.5 Å². The Balaban J connectivity index is 1.45. The van der Waals surface area contributed by atoms with Gasteiger partial charge in [-0.25, -0.2) is 4.79 Å². The molecule has 146 valence electrons. The Morgan fingerprint density at radius 1 is 1.11 bits per heavy atom. The number of methoxy groups -OCH3 is 1. The van der Waals surface area contributed by atoms with Gasteiger partial charge >= 0.3 is 6.09 Å². The van der Waals surface area contributed by atoms with Gasteiger partial charge in [0.25, 0.3) is 0 Å². The lowest BCUT2D eigenvalue weighted by atomic mass is 9.71. The fraction of sp³-hybridized carbons (Fsp3) is 0.619. The molecule has 6 nitrogen and oxygen atoms in total. The van der Waals surface area contributed by atoms with Crippen LogP contribution in [0.5, 0.6) is 0 Å². The van der Waals surface area contributed by atoms with E-state index < -0.39 is 0 Å². The topological polar surface area (TPSA) is 65.8 Å². The number of hydrogen-bond acceptors (Lipinski definition) is 5. The summed E-state index contributed by atoms with van der Waals surface area (Å²) in [5.74, 6) is 0. The number of hydrogen-bond donors (Lipinski definition) is 0. The van der Waals surface area contributed by atoms with Gasteiger partial charge in [-0.3, -0.25) is 4.90 Å². The molecule has 0 saturated carbocycles. The maximum Gasteiger partial charge on any atom is 0.409 e. The molecular weight excluding hydrogens is 342 g/mol. The molecule has 6 heteroatoms. The average molecular weight is 371 g/mol. The lowest BCUT2D eigenvalue weighted by molar-refractivity contribution is 0.0206. The van der Waals surface area contributed by atoms with Gasteiger partial charge in [-0.05, 0) is 55.8 Å². The summed E-state index contributed by atoms with van der Waals surface area (Å²) in [7, 11) is 1.60. The summed E-state index contributed by atoms with van der Waals surface area (Å²) in [5, 5.41) is 9.27. The van der Waals surface area contributed by atoms with Crippen molar-refractivity contribution in [3.05, 3.63) is 35.4 Å². The summed E-state index contributed by atoms with van der Waals surface area (Å²) in [6, 6.07) is 10.2. The normalized spacial score (nSPS) is 19.6. The molecule has 0 N–H and O–H groups in total. The first-order valence-corrected chi connectivity index (χ1v) is 9.77. The highest BCUT2D eigenvalue weighted by Gasteiger charge is 2.38. The zero-order chi connectivity index (χ0) is 19.1. The molecule has 0 aliphatic carbocycles. The number of nitriles is 1. The first-order valence-electron chi connectivity index (χ1n) is 9.77. The van der Waals surface area contributed by atoms with E-state index in [9.17, 15) is 10.1 Å². The van der Waals surface area contributed by atoms with Crippen LogP contribution in [0.15, 0.2) is 24.3 Å². The highest BCUT2D eigenvalue weighted by atomic mass is 16.6. The molecule has 0 aromatic heterocycles. The number of carbonyl (C=O) groups excluding carboxylic acids is 1. The Kier molecular flexibility index (Phi) is 6.70. The molecule has 0 atom stereocenters. The third-order valence-electron chi connectivity index (χ3n) is 6.04. The van der Waals surface area contributed by atoms with Gasteiger partial charge in [-0.15, -0.1) is 0 Å².